The van der Waals surface area contributed by atoms with E-state index in [2.05, 4.69) is 5.32 Å². The van der Waals surface area contributed by atoms with E-state index in [9.17, 15) is 14.4 Å². The van der Waals surface area contributed by atoms with Crippen LogP contribution in [0.1, 0.15) is 38.3 Å². The first-order valence-electron chi connectivity index (χ1n) is 8.90. The van der Waals surface area contributed by atoms with E-state index in [1.807, 2.05) is 32.0 Å². The quantitative estimate of drug-likeness (QED) is 0.828. The molecule has 1 saturated heterocycles. The number of para-hydroxylation sites is 1. The zero-order chi connectivity index (χ0) is 18.4. The summed E-state index contributed by atoms with van der Waals surface area (Å²) in [6, 6.07) is 5.99. The maximum absolute atomic E-state index is 12.4. The van der Waals surface area contributed by atoms with Crippen LogP contribution in [0.25, 0.3) is 0 Å². The molecule has 25 heavy (non-hydrogen) atoms. The predicted molar refractivity (Wildman–Crippen MR) is 97.3 cm³/mol. The van der Waals surface area contributed by atoms with Crippen LogP contribution in [0.3, 0.4) is 0 Å². The predicted octanol–water partition coefficient (Wildman–Crippen LogP) is 1.83. The second-order valence-electron chi connectivity index (χ2n) is 6.27. The first kappa shape index (κ1) is 19.0. The zero-order valence-corrected chi connectivity index (χ0v) is 15.3. The molecule has 0 saturated carbocycles. The van der Waals surface area contributed by atoms with Gasteiger partial charge in [0.15, 0.2) is 0 Å². The van der Waals surface area contributed by atoms with E-state index in [4.69, 9.17) is 0 Å². The molecule has 0 aromatic heterocycles. The number of nitrogens with one attached hydrogen (secondary N) is 1. The summed E-state index contributed by atoms with van der Waals surface area (Å²) in [6.45, 7) is 7.65. The van der Waals surface area contributed by atoms with Crippen LogP contribution in [0.2, 0.25) is 0 Å². The number of piperazine rings is 1. The second kappa shape index (κ2) is 8.65. The second-order valence-corrected chi connectivity index (χ2v) is 6.27. The van der Waals surface area contributed by atoms with Crippen molar-refractivity contribution < 1.29 is 14.4 Å². The first-order chi connectivity index (χ1) is 12.0. The smallest absolute Gasteiger partial charge is 0.233 e. The van der Waals surface area contributed by atoms with Crippen molar-refractivity contribution in [3.05, 3.63) is 29.3 Å². The number of benzene rings is 1. The van der Waals surface area contributed by atoms with Gasteiger partial charge in [0.25, 0.3) is 0 Å². The van der Waals surface area contributed by atoms with Crippen molar-refractivity contribution in [2.24, 2.45) is 0 Å². The summed E-state index contributed by atoms with van der Waals surface area (Å²) in [4.78, 5) is 39.4. The Bertz CT molecular complexity index is 627. The maximum Gasteiger partial charge on any atom is 0.233 e. The number of amides is 3. The Morgan fingerprint density at radius 2 is 1.48 bits per heavy atom. The van der Waals surface area contributed by atoms with E-state index in [1.165, 1.54) is 6.92 Å². The van der Waals surface area contributed by atoms with Crippen LogP contribution in [0.15, 0.2) is 18.2 Å². The molecule has 0 aliphatic carbocycles. The summed E-state index contributed by atoms with van der Waals surface area (Å²) in [5, 5.41) is 2.93. The molecule has 1 heterocycles. The molecule has 0 atom stereocenters. The summed E-state index contributed by atoms with van der Waals surface area (Å²) in [5.74, 6) is -0.449. The molecule has 136 valence electrons. The fourth-order valence-electron chi connectivity index (χ4n) is 3.11. The highest BCUT2D eigenvalue weighted by Gasteiger charge is 2.24. The van der Waals surface area contributed by atoms with Gasteiger partial charge in [0, 0.05) is 38.8 Å². The summed E-state index contributed by atoms with van der Waals surface area (Å²) in [7, 11) is 0. The first-order valence-corrected chi connectivity index (χ1v) is 8.90. The average molecular weight is 345 g/mol. The van der Waals surface area contributed by atoms with Gasteiger partial charge in [-0.25, -0.2) is 0 Å². The van der Waals surface area contributed by atoms with Gasteiger partial charge in [0.1, 0.15) is 6.42 Å². The molecule has 0 radical (unpaired) electrons. The largest absolute Gasteiger partial charge is 0.339 e. The van der Waals surface area contributed by atoms with Crippen LogP contribution >= 0.6 is 0 Å². The van der Waals surface area contributed by atoms with E-state index < -0.39 is 0 Å². The number of rotatable bonds is 5. The SMILES string of the molecule is CCc1cccc(CC)c1NC(=O)CC(=O)N1CCN(C(C)=O)CC1. The van der Waals surface area contributed by atoms with Gasteiger partial charge >= 0.3 is 0 Å². The number of aryl methyl sites for hydroxylation is 2. The Kier molecular flexibility index (Phi) is 6.56. The van der Waals surface area contributed by atoms with E-state index in [1.54, 1.807) is 9.80 Å². The number of carbonyl (C=O) groups is 3. The molecule has 0 spiro atoms. The van der Waals surface area contributed by atoms with E-state index in [0.29, 0.717) is 26.2 Å². The lowest BCUT2D eigenvalue weighted by atomic mass is 10.0. The Morgan fingerprint density at radius 3 is 1.96 bits per heavy atom. The van der Waals surface area contributed by atoms with Crippen molar-refractivity contribution in [1.82, 2.24) is 9.80 Å². The summed E-state index contributed by atoms with van der Waals surface area (Å²) in [5.41, 5.74) is 3.00. The highest BCUT2D eigenvalue weighted by molar-refractivity contribution is 6.04. The number of anilines is 1. The molecule has 0 unspecified atom stereocenters. The number of nitrogens with zero attached hydrogens (tertiary/aromatic N) is 2. The number of hydrogen-bond donors (Lipinski definition) is 1. The molecular weight excluding hydrogens is 318 g/mol. The lowest BCUT2D eigenvalue weighted by Gasteiger charge is -2.34. The summed E-state index contributed by atoms with van der Waals surface area (Å²) in [6.07, 6.45) is 1.48. The fraction of sp³-hybridized carbons (Fsp3) is 0.526. The highest BCUT2D eigenvalue weighted by Crippen LogP contribution is 2.22. The third-order valence-electron chi connectivity index (χ3n) is 4.65. The normalized spacial score (nSPS) is 14.4. The van der Waals surface area contributed by atoms with Crippen molar-refractivity contribution in [2.45, 2.75) is 40.0 Å². The summed E-state index contributed by atoms with van der Waals surface area (Å²) < 4.78 is 0. The van der Waals surface area contributed by atoms with Crippen molar-refractivity contribution in [2.75, 3.05) is 31.5 Å². The van der Waals surface area contributed by atoms with Crippen molar-refractivity contribution in [1.29, 1.82) is 0 Å². The van der Waals surface area contributed by atoms with Crippen LogP contribution in [0, 0.1) is 0 Å². The van der Waals surface area contributed by atoms with Gasteiger partial charge in [-0.15, -0.1) is 0 Å². The lowest BCUT2D eigenvalue weighted by Crippen LogP contribution is -2.50. The standard InChI is InChI=1S/C19H27N3O3/c1-4-15-7-6-8-16(5-2)19(15)20-17(24)13-18(25)22-11-9-21(10-12-22)14(3)23/h6-8H,4-5,9-13H2,1-3H3,(H,20,24). The van der Waals surface area contributed by atoms with E-state index >= 15 is 0 Å². The molecule has 1 aliphatic heterocycles. The molecule has 1 fully saturated rings. The van der Waals surface area contributed by atoms with Gasteiger partial charge in [0.2, 0.25) is 17.7 Å². The van der Waals surface area contributed by atoms with E-state index in [-0.39, 0.29) is 24.1 Å². The van der Waals surface area contributed by atoms with Crippen molar-refractivity contribution in [3.63, 3.8) is 0 Å². The monoisotopic (exact) mass is 345 g/mol. The molecule has 1 aromatic rings. The fourth-order valence-corrected chi connectivity index (χ4v) is 3.11. The third kappa shape index (κ3) is 4.81. The average Bonchev–Trinajstić information content (AvgIpc) is 2.61. The Balaban J connectivity index is 1.95. The Hall–Kier alpha value is -2.37. The van der Waals surface area contributed by atoms with Crippen molar-refractivity contribution in [3.8, 4) is 0 Å². The zero-order valence-electron chi connectivity index (χ0n) is 15.3. The van der Waals surface area contributed by atoms with Gasteiger partial charge in [0.05, 0.1) is 0 Å². The third-order valence-corrected chi connectivity index (χ3v) is 4.65. The number of carbonyl (C=O) groups excluding carboxylic acids is 3. The molecule has 6 heteroatoms. The van der Waals surface area contributed by atoms with Gasteiger partial charge < -0.3 is 15.1 Å². The van der Waals surface area contributed by atoms with Gasteiger partial charge in [-0.2, -0.15) is 0 Å². The van der Waals surface area contributed by atoms with Crippen LogP contribution < -0.4 is 5.32 Å². The highest BCUT2D eigenvalue weighted by atomic mass is 16.2. The Labute approximate surface area is 149 Å². The van der Waals surface area contributed by atoms with Crippen molar-refractivity contribution >= 4 is 23.4 Å². The van der Waals surface area contributed by atoms with Crippen LogP contribution in [-0.4, -0.2) is 53.7 Å². The minimum absolute atomic E-state index is 0.0214. The van der Waals surface area contributed by atoms with Crippen LogP contribution in [0.4, 0.5) is 5.69 Å². The molecule has 1 aliphatic rings. The minimum Gasteiger partial charge on any atom is -0.339 e. The van der Waals surface area contributed by atoms with Gasteiger partial charge in [-0.3, -0.25) is 14.4 Å². The van der Waals surface area contributed by atoms with Gasteiger partial charge in [-0.1, -0.05) is 32.0 Å². The maximum atomic E-state index is 12.4. The van der Waals surface area contributed by atoms with E-state index in [0.717, 1.165) is 29.7 Å². The molecule has 1 N–H and O–H groups in total. The minimum atomic E-state index is -0.283. The number of hydrogen-bond acceptors (Lipinski definition) is 3. The lowest BCUT2D eigenvalue weighted by molar-refractivity contribution is -0.140. The van der Waals surface area contributed by atoms with Crippen LogP contribution in [-0.2, 0) is 27.2 Å². The molecule has 1 aromatic carbocycles. The molecule has 6 nitrogen and oxygen atoms in total. The molecule has 0 bridgehead atoms. The topological polar surface area (TPSA) is 69.7 Å². The molecule has 2 rings (SSSR count). The van der Waals surface area contributed by atoms with Gasteiger partial charge in [-0.05, 0) is 24.0 Å². The molecule has 3 amide bonds. The van der Waals surface area contributed by atoms with Crippen LogP contribution in [0.5, 0.6) is 0 Å². The Morgan fingerprint density at radius 1 is 0.960 bits per heavy atom. The molecular formula is C19H27N3O3. The summed E-state index contributed by atoms with van der Waals surface area (Å²) >= 11 is 0.